The highest BCUT2D eigenvalue weighted by Crippen LogP contribution is 2.36. The fourth-order valence-corrected chi connectivity index (χ4v) is 2.43. The Balaban J connectivity index is 2.48. The van der Waals surface area contributed by atoms with Crippen molar-refractivity contribution < 1.29 is 14.7 Å². The SMILES string of the molecule is CC(C)N(CC(=O)O)C(=O)NCC1(C)CCCC1. The molecule has 2 N–H and O–H groups in total. The van der Waals surface area contributed by atoms with Gasteiger partial charge in [0.15, 0.2) is 0 Å². The molecule has 5 heteroatoms. The van der Waals surface area contributed by atoms with Crippen LogP contribution in [0.1, 0.15) is 46.5 Å². The first-order valence-electron chi connectivity index (χ1n) is 6.60. The Morgan fingerprint density at radius 2 is 1.89 bits per heavy atom. The zero-order valence-electron chi connectivity index (χ0n) is 11.5. The van der Waals surface area contributed by atoms with E-state index < -0.39 is 5.97 Å². The second kappa shape index (κ2) is 6.07. The van der Waals surface area contributed by atoms with Crippen LogP contribution in [0.15, 0.2) is 0 Å². The molecule has 0 saturated heterocycles. The molecule has 1 aliphatic carbocycles. The van der Waals surface area contributed by atoms with Crippen LogP contribution in [0.4, 0.5) is 4.79 Å². The number of urea groups is 1. The van der Waals surface area contributed by atoms with E-state index >= 15 is 0 Å². The number of carbonyl (C=O) groups is 2. The van der Waals surface area contributed by atoms with E-state index in [1.54, 1.807) is 0 Å². The molecule has 18 heavy (non-hydrogen) atoms. The maximum Gasteiger partial charge on any atom is 0.323 e. The summed E-state index contributed by atoms with van der Waals surface area (Å²) in [5.74, 6) is -0.981. The van der Waals surface area contributed by atoms with Gasteiger partial charge in [0, 0.05) is 12.6 Å². The van der Waals surface area contributed by atoms with E-state index in [2.05, 4.69) is 12.2 Å². The largest absolute Gasteiger partial charge is 0.480 e. The number of carbonyl (C=O) groups excluding carboxylic acids is 1. The van der Waals surface area contributed by atoms with Gasteiger partial charge in [-0.3, -0.25) is 4.79 Å². The number of amides is 2. The lowest BCUT2D eigenvalue weighted by atomic mass is 9.89. The highest BCUT2D eigenvalue weighted by atomic mass is 16.4. The Hall–Kier alpha value is -1.26. The molecule has 0 unspecified atom stereocenters. The van der Waals surface area contributed by atoms with Gasteiger partial charge in [-0.05, 0) is 32.1 Å². The van der Waals surface area contributed by atoms with Crippen molar-refractivity contribution in [2.75, 3.05) is 13.1 Å². The lowest BCUT2D eigenvalue weighted by Gasteiger charge is -2.29. The van der Waals surface area contributed by atoms with Gasteiger partial charge in [0.1, 0.15) is 6.54 Å². The van der Waals surface area contributed by atoms with Crippen molar-refractivity contribution in [1.29, 1.82) is 0 Å². The fraction of sp³-hybridized carbons (Fsp3) is 0.846. The van der Waals surface area contributed by atoms with Crippen LogP contribution in [0.25, 0.3) is 0 Å². The van der Waals surface area contributed by atoms with Gasteiger partial charge in [-0.15, -0.1) is 0 Å². The van der Waals surface area contributed by atoms with E-state index in [9.17, 15) is 9.59 Å². The highest BCUT2D eigenvalue weighted by molar-refractivity contribution is 5.80. The van der Waals surface area contributed by atoms with Gasteiger partial charge in [0.2, 0.25) is 0 Å². The normalized spacial score (nSPS) is 17.8. The smallest absolute Gasteiger partial charge is 0.323 e. The molecule has 104 valence electrons. The second-order valence-electron chi connectivity index (χ2n) is 5.79. The first kappa shape index (κ1) is 14.8. The molecule has 0 spiro atoms. The number of hydrogen-bond donors (Lipinski definition) is 2. The maximum atomic E-state index is 12.0. The molecule has 2 amide bonds. The van der Waals surface area contributed by atoms with Crippen LogP contribution < -0.4 is 5.32 Å². The van der Waals surface area contributed by atoms with Gasteiger partial charge >= 0.3 is 12.0 Å². The predicted molar refractivity (Wildman–Crippen MR) is 69.5 cm³/mol. The van der Waals surface area contributed by atoms with E-state index in [0.717, 1.165) is 12.8 Å². The molecule has 0 aromatic heterocycles. The van der Waals surface area contributed by atoms with Crippen LogP contribution in [-0.4, -0.2) is 41.1 Å². The van der Waals surface area contributed by atoms with E-state index in [1.807, 2.05) is 13.8 Å². The van der Waals surface area contributed by atoms with Gasteiger partial charge in [0.25, 0.3) is 0 Å². The number of carboxylic acid groups (broad SMARTS) is 1. The van der Waals surface area contributed by atoms with Crippen LogP contribution >= 0.6 is 0 Å². The van der Waals surface area contributed by atoms with Crippen molar-refractivity contribution in [2.45, 2.75) is 52.5 Å². The maximum absolute atomic E-state index is 12.0. The highest BCUT2D eigenvalue weighted by Gasteiger charge is 2.30. The molecule has 0 radical (unpaired) electrons. The molecule has 1 rings (SSSR count). The molecular formula is C13H24N2O3. The summed E-state index contributed by atoms with van der Waals surface area (Å²) >= 11 is 0. The first-order chi connectivity index (χ1) is 8.34. The van der Waals surface area contributed by atoms with Crippen molar-refractivity contribution >= 4 is 12.0 Å². The second-order valence-corrected chi connectivity index (χ2v) is 5.79. The summed E-state index contributed by atoms with van der Waals surface area (Å²) < 4.78 is 0. The Morgan fingerprint density at radius 1 is 1.33 bits per heavy atom. The average Bonchev–Trinajstić information content (AvgIpc) is 2.70. The molecule has 0 heterocycles. The Labute approximate surface area is 109 Å². The number of carboxylic acids is 1. The summed E-state index contributed by atoms with van der Waals surface area (Å²) in [5, 5.41) is 11.7. The summed E-state index contributed by atoms with van der Waals surface area (Å²) in [6.45, 7) is 6.20. The van der Waals surface area contributed by atoms with Crippen LogP contribution in [0, 0.1) is 5.41 Å². The third-order valence-corrected chi connectivity index (χ3v) is 3.67. The van der Waals surface area contributed by atoms with E-state index in [-0.39, 0.29) is 24.0 Å². The molecule has 1 fully saturated rings. The third-order valence-electron chi connectivity index (χ3n) is 3.67. The number of hydrogen-bond acceptors (Lipinski definition) is 2. The van der Waals surface area contributed by atoms with Gasteiger partial charge in [-0.2, -0.15) is 0 Å². The summed E-state index contributed by atoms with van der Waals surface area (Å²) in [6.07, 6.45) is 4.70. The number of aliphatic carboxylic acids is 1. The minimum atomic E-state index is -0.981. The van der Waals surface area contributed by atoms with Crippen LogP contribution in [0.5, 0.6) is 0 Å². The number of nitrogens with one attached hydrogen (secondary N) is 1. The number of rotatable bonds is 5. The monoisotopic (exact) mass is 256 g/mol. The molecule has 0 bridgehead atoms. The molecule has 0 aliphatic heterocycles. The summed E-state index contributed by atoms with van der Waals surface area (Å²) in [5.41, 5.74) is 0.182. The van der Waals surface area contributed by atoms with Gasteiger partial charge in [-0.1, -0.05) is 19.8 Å². The fourth-order valence-electron chi connectivity index (χ4n) is 2.43. The summed E-state index contributed by atoms with van der Waals surface area (Å²) in [4.78, 5) is 24.0. The molecular weight excluding hydrogens is 232 g/mol. The standard InChI is InChI=1S/C13H24N2O3/c1-10(2)15(8-11(16)17)12(18)14-9-13(3)6-4-5-7-13/h10H,4-9H2,1-3H3,(H,14,18)(H,16,17). The minimum Gasteiger partial charge on any atom is -0.480 e. The predicted octanol–water partition coefficient (Wildman–Crippen LogP) is 2.07. The number of nitrogens with zero attached hydrogens (tertiary/aromatic N) is 1. The van der Waals surface area contributed by atoms with E-state index in [0.29, 0.717) is 6.54 Å². The van der Waals surface area contributed by atoms with Crippen molar-refractivity contribution in [3.63, 3.8) is 0 Å². The molecule has 1 saturated carbocycles. The Bertz CT molecular complexity index is 309. The van der Waals surface area contributed by atoms with Crippen molar-refractivity contribution in [3.8, 4) is 0 Å². The summed E-state index contributed by atoms with van der Waals surface area (Å²) in [7, 11) is 0. The molecule has 0 aromatic carbocycles. The van der Waals surface area contributed by atoms with Gasteiger partial charge < -0.3 is 15.3 Å². The van der Waals surface area contributed by atoms with Gasteiger partial charge in [0.05, 0.1) is 0 Å². The molecule has 0 atom stereocenters. The molecule has 1 aliphatic rings. The average molecular weight is 256 g/mol. The zero-order valence-corrected chi connectivity index (χ0v) is 11.5. The molecule has 0 aromatic rings. The van der Waals surface area contributed by atoms with E-state index in [1.165, 1.54) is 17.7 Å². The quantitative estimate of drug-likeness (QED) is 0.791. The Kier molecular flexibility index (Phi) is 4.99. The third kappa shape index (κ3) is 4.20. The lowest BCUT2D eigenvalue weighted by molar-refractivity contribution is -0.138. The van der Waals surface area contributed by atoms with E-state index in [4.69, 9.17) is 5.11 Å². The molecule has 5 nitrogen and oxygen atoms in total. The summed E-state index contributed by atoms with van der Waals surface area (Å²) in [6, 6.07) is -0.391. The Morgan fingerprint density at radius 3 is 2.33 bits per heavy atom. The zero-order chi connectivity index (χ0) is 13.8. The van der Waals surface area contributed by atoms with Crippen molar-refractivity contribution in [1.82, 2.24) is 10.2 Å². The van der Waals surface area contributed by atoms with Gasteiger partial charge in [-0.25, -0.2) is 4.79 Å². The van der Waals surface area contributed by atoms with Crippen LogP contribution in [0.3, 0.4) is 0 Å². The van der Waals surface area contributed by atoms with Crippen molar-refractivity contribution in [3.05, 3.63) is 0 Å². The first-order valence-corrected chi connectivity index (χ1v) is 6.60. The van der Waals surface area contributed by atoms with Crippen LogP contribution in [-0.2, 0) is 4.79 Å². The van der Waals surface area contributed by atoms with Crippen LogP contribution in [0.2, 0.25) is 0 Å². The lowest BCUT2D eigenvalue weighted by Crippen LogP contribution is -2.48. The topological polar surface area (TPSA) is 69.6 Å². The minimum absolute atomic E-state index is 0.113. The van der Waals surface area contributed by atoms with Crippen molar-refractivity contribution in [2.24, 2.45) is 5.41 Å².